The number of halogens is 1. The standard InChI is InChI=1S/C29H23FN6O3S/c1-15-3-8-19(21(13-15)36-22(37)9-11-30)25-23(24-26(40-25)20(28(32)38)14-34-27(24)31)17-4-6-18(7-5-17)39-29-33-12-10-16(2)35-29/h3-14H,1-2H3,(H2,31,34)(H2,32,38)(H,36,37). The van der Waals surface area contributed by atoms with Crippen molar-refractivity contribution in [3.05, 3.63) is 90.2 Å². The zero-order valence-electron chi connectivity index (χ0n) is 21.4. The van der Waals surface area contributed by atoms with Gasteiger partial charge in [0, 0.05) is 51.2 Å². The summed E-state index contributed by atoms with van der Waals surface area (Å²) in [5.41, 5.74) is 16.4. The highest BCUT2D eigenvalue weighted by molar-refractivity contribution is 7.23. The van der Waals surface area contributed by atoms with Crippen LogP contribution in [0.15, 0.2) is 73.3 Å². The second-order valence-corrected chi connectivity index (χ2v) is 9.89. The molecule has 3 aromatic heterocycles. The number of aromatic nitrogens is 3. The first-order chi connectivity index (χ1) is 19.2. The molecule has 40 heavy (non-hydrogen) atoms. The Morgan fingerprint density at radius 1 is 1.07 bits per heavy atom. The van der Waals surface area contributed by atoms with Crippen molar-refractivity contribution in [1.82, 2.24) is 15.0 Å². The highest BCUT2D eigenvalue weighted by atomic mass is 32.1. The molecule has 200 valence electrons. The van der Waals surface area contributed by atoms with Crippen molar-refractivity contribution >= 4 is 44.7 Å². The zero-order valence-corrected chi connectivity index (χ0v) is 22.3. The van der Waals surface area contributed by atoms with Crippen LogP contribution in [-0.2, 0) is 4.79 Å². The molecule has 0 saturated carbocycles. The Bertz CT molecular complexity index is 1800. The number of ether oxygens (including phenoxy) is 1. The molecule has 0 saturated heterocycles. The SMILES string of the molecule is Cc1ccc(-c2sc3c(C(N)=O)cnc(N)c3c2-c2ccc(Oc3nccc(C)n3)cc2)c(NC(=O)C=CF)c1. The smallest absolute Gasteiger partial charge is 0.322 e. The van der Waals surface area contributed by atoms with Gasteiger partial charge in [-0.2, -0.15) is 0 Å². The second-order valence-electron chi connectivity index (χ2n) is 8.87. The Kier molecular flexibility index (Phi) is 7.21. The van der Waals surface area contributed by atoms with Crippen molar-refractivity contribution in [2.75, 3.05) is 11.1 Å². The molecule has 11 heteroatoms. The van der Waals surface area contributed by atoms with Crippen molar-refractivity contribution < 1.29 is 18.7 Å². The summed E-state index contributed by atoms with van der Waals surface area (Å²) in [6.45, 7) is 3.72. The van der Waals surface area contributed by atoms with Crippen LogP contribution in [0.3, 0.4) is 0 Å². The van der Waals surface area contributed by atoms with Gasteiger partial charge in [-0.3, -0.25) is 9.59 Å². The van der Waals surface area contributed by atoms with E-state index in [1.807, 2.05) is 38.1 Å². The lowest BCUT2D eigenvalue weighted by Crippen LogP contribution is -2.11. The van der Waals surface area contributed by atoms with Crippen LogP contribution in [0.1, 0.15) is 21.6 Å². The summed E-state index contributed by atoms with van der Waals surface area (Å²) in [6, 6.07) is 14.7. The lowest BCUT2D eigenvalue weighted by atomic mass is 9.97. The summed E-state index contributed by atoms with van der Waals surface area (Å²) < 4.78 is 19.1. The number of thiophene rings is 1. The van der Waals surface area contributed by atoms with Crippen LogP contribution in [0, 0.1) is 13.8 Å². The molecule has 0 fully saturated rings. The van der Waals surface area contributed by atoms with Gasteiger partial charge in [-0.1, -0.05) is 24.3 Å². The number of benzene rings is 2. The van der Waals surface area contributed by atoms with E-state index in [2.05, 4.69) is 20.3 Å². The Balaban J connectivity index is 1.71. The Labute approximate surface area is 232 Å². The van der Waals surface area contributed by atoms with E-state index < -0.39 is 11.8 Å². The molecule has 0 bridgehead atoms. The average Bonchev–Trinajstić information content (AvgIpc) is 3.30. The van der Waals surface area contributed by atoms with Crippen molar-refractivity contribution in [2.45, 2.75) is 13.8 Å². The largest absolute Gasteiger partial charge is 0.424 e. The summed E-state index contributed by atoms with van der Waals surface area (Å²) in [5.74, 6) is -0.551. The lowest BCUT2D eigenvalue weighted by Gasteiger charge is -2.13. The summed E-state index contributed by atoms with van der Waals surface area (Å²) in [5, 5.41) is 3.28. The lowest BCUT2D eigenvalue weighted by molar-refractivity contribution is -0.112. The van der Waals surface area contributed by atoms with E-state index in [0.29, 0.717) is 37.5 Å². The van der Waals surface area contributed by atoms with Crippen molar-refractivity contribution in [3.8, 4) is 33.3 Å². The quantitative estimate of drug-likeness (QED) is 0.211. The van der Waals surface area contributed by atoms with Crippen molar-refractivity contribution in [2.24, 2.45) is 5.73 Å². The second kappa shape index (κ2) is 10.9. The number of rotatable bonds is 7. The topological polar surface area (TPSA) is 146 Å². The minimum absolute atomic E-state index is 0.173. The average molecular weight is 555 g/mol. The molecule has 3 heterocycles. The Hall–Kier alpha value is -5.16. The monoisotopic (exact) mass is 554 g/mol. The molecule has 0 aliphatic rings. The van der Waals surface area contributed by atoms with E-state index in [1.54, 1.807) is 30.5 Å². The van der Waals surface area contributed by atoms with Gasteiger partial charge < -0.3 is 21.5 Å². The van der Waals surface area contributed by atoms with E-state index in [1.165, 1.54) is 17.5 Å². The summed E-state index contributed by atoms with van der Waals surface area (Å²) in [6.07, 6.45) is 3.93. The molecule has 2 amide bonds. The van der Waals surface area contributed by atoms with E-state index in [9.17, 15) is 14.0 Å². The third-order valence-electron chi connectivity index (χ3n) is 6.02. The predicted molar refractivity (Wildman–Crippen MR) is 154 cm³/mol. The number of carbonyl (C=O) groups is 2. The number of hydrogen-bond acceptors (Lipinski definition) is 8. The van der Waals surface area contributed by atoms with Gasteiger partial charge in [0.1, 0.15) is 11.6 Å². The van der Waals surface area contributed by atoms with E-state index in [0.717, 1.165) is 22.9 Å². The molecule has 0 atom stereocenters. The molecule has 0 radical (unpaired) electrons. The van der Waals surface area contributed by atoms with Crippen LogP contribution in [0.25, 0.3) is 31.7 Å². The maximum atomic E-state index is 12.7. The van der Waals surface area contributed by atoms with E-state index in [4.69, 9.17) is 16.2 Å². The predicted octanol–water partition coefficient (Wildman–Crippen LogP) is 5.93. The maximum absolute atomic E-state index is 12.7. The van der Waals surface area contributed by atoms with Gasteiger partial charge in [0.05, 0.1) is 16.6 Å². The van der Waals surface area contributed by atoms with Crippen LogP contribution >= 0.6 is 11.3 Å². The minimum atomic E-state index is -0.649. The molecule has 0 spiro atoms. The molecule has 5 N–H and O–H groups in total. The number of aryl methyl sites for hydroxylation is 2. The fourth-order valence-electron chi connectivity index (χ4n) is 4.22. The van der Waals surface area contributed by atoms with Crippen LogP contribution in [-0.4, -0.2) is 26.8 Å². The molecule has 5 rings (SSSR count). The van der Waals surface area contributed by atoms with Gasteiger partial charge in [0.2, 0.25) is 0 Å². The highest BCUT2D eigenvalue weighted by Gasteiger charge is 2.24. The molecule has 9 nitrogen and oxygen atoms in total. The van der Waals surface area contributed by atoms with E-state index in [-0.39, 0.29) is 23.7 Å². The first-order valence-corrected chi connectivity index (χ1v) is 12.8. The highest BCUT2D eigenvalue weighted by Crippen LogP contribution is 2.49. The third-order valence-corrected chi connectivity index (χ3v) is 7.28. The van der Waals surface area contributed by atoms with Gasteiger partial charge >= 0.3 is 6.01 Å². The van der Waals surface area contributed by atoms with Crippen LogP contribution in [0.5, 0.6) is 11.8 Å². The van der Waals surface area contributed by atoms with Gasteiger partial charge in [-0.15, -0.1) is 11.3 Å². The first-order valence-electron chi connectivity index (χ1n) is 12.0. The Morgan fingerprint density at radius 2 is 1.85 bits per heavy atom. The number of nitrogens with zero attached hydrogens (tertiary/aromatic N) is 3. The van der Waals surface area contributed by atoms with Crippen LogP contribution < -0.4 is 21.5 Å². The van der Waals surface area contributed by atoms with Gasteiger partial charge in [0.25, 0.3) is 11.8 Å². The number of anilines is 2. The maximum Gasteiger partial charge on any atom is 0.322 e. The number of amides is 2. The first kappa shape index (κ1) is 26.4. The number of pyridine rings is 1. The molecule has 5 aromatic rings. The van der Waals surface area contributed by atoms with Gasteiger partial charge in [0.15, 0.2) is 0 Å². The number of nitrogens with two attached hydrogens (primary N) is 2. The fraction of sp³-hybridized carbons (Fsp3) is 0.0690. The van der Waals surface area contributed by atoms with Gasteiger partial charge in [-0.05, 0) is 49.2 Å². The molecule has 2 aromatic carbocycles. The number of nitrogen functional groups attached to an aromatic ring is 1. The minimum Gasteiger partial charge on any atom is -0.424 e. The number of nitrogens with one attached hydrogen (secondary N) is 1. The summed E-state index contributed by atoms with van der Waals surface area (Å²) in [7, 11) is 0. The molecule has 0 aliphatic carbocycles. The van der Waals surface area contributed by atoms with E-state index >= 15 is 0 Å². The van der Waals surface area contributed by atoms with Crippen LogP contribution in [0.4, 0.5) is 15.9 Å². The molecular formula is C29H23FN6O3S. The summed E-state index contributed by atoms with van der Waals surface area (Å²) in [4.78, 5) is 37.9. The summed E-state index contributed by atoms with van der Waals surface area (Å²) >= 11 is 1.29. The zero-order chi connectivity index (χ0) is 28.4. The third kappa shape index (κ3) is 5.22. The number of hydrogen-bond donors (Lipinski definition) is 3. The Morgan fingerprint density at radius 3 is 2.55 bits per heavy atom. The van der Waals surface area contributed by atoms with Crippen molar-refractivity contribution in [1.29, 1.82) is 0 Å². The normalized spacial score (nSPS) is 11.2. The van der Waals surface area contributed by atoms with Crippen molar-refractivity contribution in [3.63, 3.8) is 0 Å². The molecular weight excluding hydrogens is 531 g/mol. The van der Waals surface area contributed by atoms with Crippen LogP contribution in [0.2, 0.25) is 0 Å². The molecule has 0 unspecified atom stereocenters. The fourth-order valence-corrected chi connectivity index (χ4v) is 5.61. The number of primary amides is 1. The number of fused-ring (bicyclic) bond motifs is 1. The molecule has 0 aliphatic heterocycles. The number of carbonyl (C=O) groups excluding carboxylic acids is 2. The van der Waals surface area contributed by atoms with Gasteiger partial charge in [-0.25, -0.2) is 19.3 Å².